The third kappa shape index (κ3) is 4.49. The van der Waals surface area contributed by atoms with Gasteiger partial charge in [-0.05, 0) is 57.6 Å². The number of rotatable bonds is 7. The third-order valence-electron chi connectivity index (χ3n) is 5.45. The number of fused-ring (bicyclic) bond motifs is 1. The summed E-state index contributed by atoms with van der Waals surface area (Å²) in [4.78, 5) is 13.4. The van der Waals surface area contributed by atoms with Crippen molar-refractivity contribution in [1.82, 2.24) is 0 Å². The number of carbonyl (C=O) groups excluding carboxylic acids is 1. The first kappa shape index (κ1) is 20.7. The average molecular weight is 384 g/mol. The van der Waals surface area contributed by atoms with E-state index in [0.29, 0.717) is 12.5 Å². The van der Waals surface area contributed by atoms with Crippen LogP contribution in [0.15, 0.2) is 36.4 Å². The number of hydrogen-bond acceptors (Lipinski definition) is 3. The van der Waals surface area contributed by atoms with E-state index in [1.54, 1.807) is 0 Å². The fourth-order valence-corrected chi connectivity index (χ4v) is 4.18. The van der Waals surface area contributed by atoms with E-state index < -0.39 is 5.60 Å². The molecule has 0 radical (unpaired) electrons. The Morgan fingerprint density at radius 2 is 1.96 bits per heavy atom. The molecule has 2 atom stereocenters. The Hall–Kier alpha value is -2.07. The zero-order valence-electron chi connectivity index (χ0n) is 17.6. The molecule has 4 heteroatoms. The Morgan fingerprint density at radius 3 is 2.64 bits per heavy atom. The summed E-state index contributed by atoms with van der Waals surface area (Å²) < 4.78 is 12.1. The fraction of sp³-hybridized carbons (Fsp3) is 0.542. The highest BCUT2D eigenvalue weighted by atomic mass is 16.5. The third-order valence-corrected chi connectivity index (χ3v) is 5.45. The van der Waals surface area contributed by atoms with Gasteiger partial charge in [0.25, 0.3) is 5.91 Å². The second-order valence-electron chi connectivity index (χ2n) is 8.32. The van der Waals surface area contributed by atoms with Crippen molar-refractivity contribution in [3.05, 3.63) is 36.4 Å². The van der Waals surface area contributed by atoms with Crippen molar-refractivity contribution in [3.63, 3.8) is 0 Å². The van der Waals surface area contributed by atoms with Gasteiger partial charge in [-0.3, -0.25) is 4.79 Å². The first-order valence-electron chi connectivity index (χ1n) is 10.6. The lowest BCUT2D eigenvalue weighted by Crippen LogP contribution is -2.48. The molecule has 0 heterocycles. The molecule has 152 valence electrons. The summed E-state index contributed by atoms with van der Waals surface area (Å²) >= 11 is 0. The van der Waals surface area contributed by atoms with Crippen molar-refractivity contribution in [2.24, 2.45) is 5.92 Å². The second kappa shape index (κ2) is 8.95. The molecule has 3 rings (SSSR count). The summed E-state index contributed by atoms with van der Waals surface area (Å²) in [5.41, 5.74) is 0.0939. The highest BCUT2D eigenvalue weighted by Crippen LogP contribution is 2.38. The standard InChI is InChI=1S/C24H33NO3/c1-5-15-27-24(14-8-9-18(4)16-24)23(26)25-21-12-13-22(28-17(2)3)20-11-7-6-10-19(20)21/h6-7,10-13,17-18H,5,8-9,14-16H2,1-4H3,(H,25,26)/t18-,24+/m0/s1. The van der Waals surface area contributed by atoms with E-state index in [-0.39, 0.29) is 12.0 Å². The predicted molar refractivity (Wildman–Crippen MR) is 115 cm³/mol. The fourth-order valence-electron chi connectivity index (χ4n) is 4.18. The van der Waals surface area contributed by atoms with Crippen LogP contribution in [-0.4, -0.2) is 24.2 Å². The highest BCUT2D eigenvalue weighted by Gasteiger charge is 2.42. The molecule has 4 nitrogen and oxygen atoms in total. The second-order valence-corrected chi connectivity index (χ2v) is 8.32. The van der Waals surface area contributed by atoms with Gasteiger partial charge >= 0.3 is 0 Å². The van der Waals surface area contributed by atoms with Crippen molar-refractivity contribution in [1.29, 1.82) is 0 Å². The topological polar surface area (TPSA) is 47.6 Å². The number of benzene rings is 2. The van der Waals surface area contributed by atoms with E-state index in [4.69, 9.17) is 9.47 Å². The number of carbonyl (C=O) groups is 1. The van der Waals surface area contributed by atoms with Gasteiger partial charge in [0.15, 0.2) is 0 Å². The first-order chi connectivity index (χ1) is 13.4. The van der Waals surface area contributed by atoms with E-state index in [0.717, 1.165) is 54.3 Å². The maximum Gasteiger partial charge on any atom is 0.256 e. The van der Waals surface area contributed by atoms with Gasteiger partial charge in [0.05, 0.1) is 6.10 Å². The van der Waals surface area contributed by atoms with Crippen molar-refractivity contribution in [3.8, 4) is 5.75 Å². The van der Waals surface area contributed by atoms with E-state index in [9.17, 15) is 4.79 Å². The Labute approximate surface area is 168 Å². The van der Waals surface area contributed by atoms with Crippen molar-refractivity contribution < 1.29 is 14.3 Å². The molecule has 1 fully saturated rings. The maximum absolute atomic E-state index is 13.4. The minimum Gasteiger partial charge on any atom is -0.490 e. The molecule has 0 bridgehead atoms. The van der Waals surface area contributed by atoms with Gasteiger partial charge < -0.3 is 14.8 Å². The summed E-state index contributed by atoms with van der Waals surface area (Å²) in [6.07, 6.45) is 4.77. The Morgan fingerprint density at radius 1 is 1.21 bits per heavy atom. The van der Waals surface area contributed by atoms with Crippen LogP contribution in [0.1, 0.15) is 59.8 Å². The van der Waals surface area contributed by atoms with Gasteiger partial charge in [-0.15, -0.1) is 0 Å². The quantitative estimate of drug-likeness (QED) is 0.643. The molecule has 1 amide bonds. The van der Waals surface area contributed by atoms with Gasteiger partial charge in [0.1, 0.15) is 11.4 Å². The summed E-state index contributed by atoms with van der Waals surface area (Å²) in [7, 11) is 0. The zero-order chi connectivity index (χ0) is 20.1. The van der Waals surface area contributed by atoms with Crippen LogP contribution < -0.4 is 10.1 Å². The monoisotopic (exact) mass is 383 g/mol. The largest absolute Gasteiger partial charge is 0.490 e. The van der Waals surface area contributed by atoms with Gasteiger partial charge in [0.2, 0.25) is 0 Å². The molecule has 0 aromatic heterocycles. The van der Waals surface area contributed by atoms with Crippen LogP contribution in [0.3, 0.4) is 0 Å². The van der Waals surface area contributed by atoms with Gasteiger partial charge in [-0.1, -0.05) is 44.5 Å². The molecule has 1 aliphatic carbocycles. The van der Waals surface area contributed by atoms with Crippen molar-refractivity contribution in [2.45, 2.75) is 71.5 Å². The molecule has 2 aromatic rings. The molecule has 1 N–H and O–H groups in total. The zero-order valence-corrected chi connectivity index (χ0v) is 17.6. The Kier molecular flexibility index (Phi) is 6.61. The van der Waals surface area contributed by atoms with Gasteiger partial charge in [-0.2, -0.15) is 0 Å². The van der Waals surface area contributed by atoms with Crippen LogP contribution in [0.2, 0.25) is 0 Å². The summed E-state index contributed by atoms with van der Waals surface area (Å²) in [6, 6.07) is 11.9. The smallest absolute Gasteiger partial charge is 0.256 e. The number of ether oxygens (including phenoxy) is 2. The van der Waals surface area contributed by atoms with Crippen LogP contribution in [-0.2, 0) is 9.53 Å². The summed E-state index contributed by atoms with van der Waals surface area (Å²) in [6.45, 7) is 8.94. The molecular weight excluding hydrogens is 350 g/mol. The molecule has 0 spiro atoms. The maximum atomic E-state index is 13.4. The van der Waals surface area contributed by atoms with E-state index in [1.165, 1.54) is 0 Å². The number of hydrogen-bond donors (Lipinski definition) is 1. The Bertz CT molecular complexity index is 817. The number of anilines is 1. The highest BCUT2D eigenvalue weighted by molar-refractivity contribution is 6.06. The summed E-state index contributed by atoms with van der Waals surface area (Å²) in [5, 5.41) is 5.18. The average Bonchev–Trinajstić information content (AvgIpc) is 2.68. The lowest BCUT2D eigenvalue weighted by atomic mass is 9.78. The van der Waals surface area contributed by atoms with Gasteiger partial charge in [0, 0.05) is 23.1 Å². The van der Waals surface area contributed by atoms with Crippen LogP contribution >= 0.6 is 0 Å². The Balaban J connectivity index is 1.91. The van der Waals surface area contributed by atoms with Gasteiger partial charge in [-0.25, -0.2) is 0 Å². The van der Waals surface area contributed by atoms with E-state index in [1.807, 2.05) is 50.2 Å². The molecule has 0 unspecified atom stereocenters. The van der Waals surface area contributed by atoms with E-state index >= 15 is 0 Å². The minimum absolute atomic E-state index is 0.0184. The van der Waals surface area contributed by atoms with E-state index in [2.05, 4.69) is 19.2 Å². The lowest BCUT2D eigenvalue weighted by Gasteiger charge is -2.38. The lowest BCUT2D eigenvalue weighted by molar-refractivity contribution is -0.148. The molecule has 1 aliphatic rings. The number of amides is 1. The van der Waals surface area contributed by atoms with Crippen LogP contribution in [0.4, 0.5) is 5.69 Å². The molecule has 0 saturated heterocycles. The minimum atomic E-state index is -0.720. The normalized spacial score (nSPS) is 22.4. The summed E-state index contributed by atoms with van der Waals surface area (Å²) in [5.74, 6) is 1.32. The molecule has 28 heavy (non-hydrogen) atoms. The number of nitrogens with one attached hydrogen (secondary N) is 1. The molecule has 1 saturated carbocycles. The SMILES string of the molecule is CCCO[C@]1(C(=O)Nc2ccc(OC(C)C)c3ccccc23)CCC[C@H](C)C1. The van der Waals surface area contributed by atoms with Crippen molar-refractivity contribution in [2.75, 3.05) is 11.9 Å². The van der Waals surface area contributed by atoms with Crippen LogP contribution in [0.5, 0.6) is 5.75 Å². The van der Waals surface area contributed by atoms with Crippen molar-refractivity contribution >= 4 is 22.4 Å². The van der Waals surface area contributed by atoms with Crippen LogP contribution in [0, 0.1) is 5.92 Å². The van der Waals surface area contributed by atoms with Crippen LogP contribution in [0.25, 0.3) is 10.8 Å². The molecule has 2 aromatic carbocycles. The molecular formula is C24H33NO3. The predicted octanol–water partition coefficient (Wildman–Crippen LogP) is 5.94. The first-order valence-corrected chi connectivity index (χ1v) is 10.6. The molecule has 0 aliphatic heterocycles.